The zero-order chi connectivity index (χ0) is 37.4. The number of fused-ring (bicyclic) bond motifs is 4. The Bertz CT molecular complexity index is 2530. The van der Waals surface area contributed by atoms with E-state index in [-0.39, 0.29) is 16.8 Å². The van der Waals surface area contributed by atoms with Crippen molar-refractivity contribution in [3.8, 4) is 16.9 Å². The van der Waals surface area contributed by atoms with Gasteiger partial charge in [0.15, 0.2) is 0 Å². The molecule has 0 fully saturated rings. The Hall–Kier alpha value is -4.29. The van der Waals surface area contributed by atoms with E-state index in [0.717, 1.165) is 66.4 Å². The van der Waals surface area contributed by atoms with E-state index in [1.807, 2.05) is 81.5 Å². The number of rotatable bonds is 9. The first-order chi connectivity index (χ1) is 24.6. The Morgan fingerprint density at radius 2 is 1.69 bits per heavy atom. The summed E-state index contributed by atoms with van der Waals surface area (Å²) in [6.07, 6.45) is 3.12. The minimum Gasteiger partial charge on any atom is -0.494 e. The van der Waals surface area contributed by atoms with Crippen LogP contribution in [0.3, 0.4) is 0 Å². The number of hydrogen-bond acceptors (Lipinski definition) is 5. The second-order valence-corrected chi connectivity index (χ2v) is 16.5. The molecular weight excluding hydrogens is 719 g/mol. The van der Waals surface area contributed by atoms with Crippen LogP contribution in [0.1, 0.15) is 58.0 Å². The number of nitrogens with one attached hydrogen (secondary N) is 1. The topological polar surface area (TPSA) is 103 Å². The van der Waals surface area contributed by atoms with Crippen LogP contribution in [0.25, 0.3) is 32.9 Å². The molecule has 1 N–H and O–H groups in total. The summed E-state index contributed by atoms with van der Waals surface area (Å²) < 4.78 is 40.2. The van der Waals surface area contributed by atoms with Crippen LogP contribution < -0.4 is 14.4 Å². The number of aryl methyl sites for hydroxylation is 6. The van der Waals surface area contributed by atoms with E-state index in [9.17, 15) is 8.42 Å². The fraction of sp³-hybridized carbons (Fsp3) is 0.333. The van der Waals surface area contributed by atoms with Gasteiger partial charge in [0.1, 0.15) is 11.4 Å². The van der Waals surface area contributed by atoms with Crippen molar-refractivity contribution in [3.63, 3.8) is 0 Å². The van der Waals surface area contributed by atoms with Crippen LogP contribution in [0, 0.1) is 27.7 Å². The molecule has 0 saturated carbocycles. The molecule has 4 heterocycles. The average Bonchev–Trinajstić information content (AvgIpc) is 3.71. The Labute approximate surface area is 313 Å². The maximum absolute atomic E-state index is 15.0. The highest BCUT2D eigenvalue weighted by Gasteiger charge is 2.37. The molecule has 7 rings (SSSR count). The molecule has 52 heavy (non-hydrogen) atoms. The van der Waals surface area contributed by atoms with Crippen molar-refractivity contribution in [3.05, 3.63) is 92.5 Å². The molecule has 3 aromatic heterocycles. The third kappa shape index (κ3) is 5.78. The number of nitrogens with zero attached hydrogens (tertiary/aromatic N) is 5. The molecule has 0 radical (unpaired) electrons. The Morgan fingerprint density at radius 1 is 0.981 bits per heavy atom. The van der Waals surface area contributed by atoms with Gasteiger partial charge in [0, 0.05) is 71.0 Å². The van der Waals surface area contributed by atoms with E-state index in [4.69, 9.17) is 33.0 Å². The van der Waals surface area contributed by atoms with Crippen LogP contribution in [0.5, 0.6) is 5.75 Å². The standard InChI is InChI=1S/C39H42Cl2N6O4S/c1-21-16-26(17-22(2)36(21)41)51-15-9-10-28-29-12-13-31(40)35(34-24(4)43-45(8)25(34)5)37(29)47-23(3)19-46(39(48)38(28)47)33-20-44(7)32-14-11-27(18-30(32)33)52(49,50)42-6/h11-14,16-18,20,23,42H,9-10,15,19H2,1-8H3. The summed E-state index contributed by atoms with van der Waals surface area (Å²) in [5.74, 6) is 0.594. The Morgan fingerprint density at radius 3 is 2.35 bits per heavy atom. The summed E-state index contributed by atoms with van der Waals surface area (Å²) in [6.45, 7) is 10.9. The second-order valence-electron chi connectivity index (χ2n) is 13.8. The van der Waals surface area contributed by atoms with Gasteiger partial charge in [0.25, 0.3) is 5.91 Å². The molecule has 1 aliphatic heterocycles. The number of ether oxygens (including phenoxy) is 1. The van der Waals surface area contributed by atoms with Crippen molar-refractivity contribution in [2.24, 2.45) is 14.1 Å². The number of benzene rings is 3. The highest BCUT2D eigenvalue weighted by molar-refractivity contribution is 7.89. The maximum atomic E-state index is 15.0. The minimum absolute atomic E-state index is 0.134. The summed E-state index contributed by atoms with van der Waals surface area (Å²) in [6, 6.07) is 12.7. The molecule has 0 saturated heterocycles. The van der Waals surface area contributed by atoms with Gasteiger partial charge in [-0.25, -0.2) is 13.1 Å². The Kier molecular flexibility index (Phi) is 9.22. The number of hydrogen-bond donors (Lipinski definition) is 1. The number of aromatic nitrogens is 4. The predicted molar refractivity (Wildman–Crippen MR) is 209 cm³/mol. The molecule has 0 aliphatic carbocycles. The van der Waals surface area contributed by atoms with E-state index in [1.165, 1.54) is 7.05 Å². The monoisotopic (exact) mass is 760 g/mol. The quantitative estimate of drug-likeness (QED) is 0.150. The SMILES string of the molecule is CNS(=O)(=O)c1ccc2c(c1)c(N1CC(C)n3c(c(CCCOc4cc(C)c(Cl)c(C)c4)c4ccc(Cl)c(-c5c(C)nn(C)c5C)c43)C1=O)cn2C. The molecule has 1 atom stereocenters. The summed E-state index contributed by atoms with van der Waals surface area (Å²) in [4.78, 5) is 17.0. The van der Waals surface area contributed by atoms with Gasteiger partial charge in [-0.15, -0.1) is 0 Å². The van der Waals surface area contributed by atoms with Crippen molar-refractivity contribution in [2.75, 3.05) is 25.1 Å². The first-order valence-corrected chi connectivity index (χ1v) is 19.5. The van der Waals surface area contributed by atoms with Crippen LogP contribution in [0.2, 0.25) is 10.0 Å². The summed E-state index contributed by atoms with van der Waals surface area (Å²) in [5.41, 5.74) is 9.44. The van der Waals surface area contributed by atoms with Crippen LogP contribution in [0.4, 0.5) is 5.69 Å². The summed E-state index contributed by atoms with van der Waals surface area (Å²) in [5, 5.41) is 7.66. The van der Waals surface area contributed by atoms with E-state index in [2.05, 4.69) is 16.2 Å². The first kappa shape index (κ1) is 36.1. The highest BCUT2D eigenvalue weighted by Crippen LogP contribution is 2.46. The van der Waals surface area contributed by atoms with Crippen LogP contribution in [-0.4, -0.2) is 53.4 Å². The maximum Gasteiger partial charge on any atom is 0.275 e. The third-order valence-electron chi connectivity index (χ3n) is 10.4. The van der Waals surface area contributed by atoms with Crippen molar-refractivity contribution in [1.29, 1.82) is 0 Å². The van der Waals surface area contributed by atoms with E-state index < -0.39 is 10.0 Å². The smallest absolute Gasteiger partial charge is 0.275 e. The van der Waals surface area contributed by atoms with Gasteiger partial charge in [-0.3, -0.25) is 9.48 Å². The lowest BCUT2D eigenvalue weighted by Gasteiger charge is -2.34. The molecule has 6 aromatic rings. The van der Waals surface area contributed by atoms with Crippen LogP contribution in [0.15, 0.2) is 53.6 Å². The predicted octanol–water partition coefficient (Wildman–Crippen LogP) is 8.22. The minimum atomic E-state index is -3.71. The summed E-state index contributed by atoms with van der Waals surface area (Å²) in [7, 11) is 1.50. The van der Waals surface area contributed by atoms with Crippen molar-refractivity contribution >= 4 is 66.6 Å². The lowest BCUT2D eigenvalue weighted by Crippen LogP contribution is -2.42. The van der Waals surface area contributed by atoms with Crippen molar-refractivity contribution in [1.82, 2.24) is 23.6 Å². The Balaban J connectivity index is 1.38. The lowest BCUT2D eigenvalue weighted by molar-refractivity contribution is 0.0957. The van der Waals surface area contributed by atoms with E-state index in [0.29, 0.717) is 47.8 Å². The number of sulfonamides is 1. The van der Waals surface area contributed by atoms with Gasteiger partial charge in [0.2, 0.25) is 10.0 Å². The number of halogens is 2. The molecule has 0 spiro atoms. The van der Waals surface area contributed by atoms with Crippen molar-refractivity contribution in [2.45, 2.75) is 58.4 Å². The summed E-state index contributed by atoms with van der Waals surface area (Å²) >= 11 is 13.5. The first-order valence-electron chi connectivity index (χ1n) is 17.2. The fourth-order valence-corrected chi connectivity index (χ4v) is 8.90. The van der Waals surface area contributed by atoms with E-state index in [1.54, 1.807) is 23.1 Å². The second kappa shape index (κ2) is 13.3. The molecule has 1 unspecified atom stereocenters. The number of carbonyl (C=O) groups excluding carboxylic acids is 1. The molecular formula is C39H42Cl2N6O4S. The highest BCUT2D eigenvalue weighted by atomic mass is 35.5. The van der Waals surface area contributed by atoms with Gasteiger partial charge in [-0.05, 0) is 108 Å². The van der Waals surface area contributed by atoms with Gasteiger partial charge in [-0.1, -0.05) is 29.3 Å². The van der Waals surface area contributed by atoms with Crippen LogP contribution >= 0.6 is 23.2 Å². The molecule has 0 bridgehead atoms. The fourth-order valence-electron chi connectivity index (χ4n) is 7.79. The van der Waals surface area contributed by atoms with Gasteiger partial charge in [0.05, 0.1) is 33.4 Å². The number of anilines is 1. The molecule has 1 aliphatic rings. The third-order valence-corrected chi connectivity index (χ3v) is 12.7. The lowest BCUT2D eigenvalue weighted by atomic mass is 9.98. The van der Waals surface area contributed by atoms with Gasteiger partial charge in [-0.2, -0.15) is 5.10 Å². The molecule has 3 aromatic carbocycles. The average molecular weight is 762 g/mol. The molecule has 1 amide bonds. The largest absolute Gasteiger partial charge is 0.494 e. The zero-order valence-corrected chi connectivity index (χ0v) is 32.9. The van der Waals surface area contributed by atoms with E-state index >= 15 is 4.79 Å². The van der Waals surface area contributed by atoms with Crippen molar-refractivity contribution < 1.29 is 17.9 Å². The normalized spacial score (nSPS) is 14.9. The molecule has 13 heteroatoms. The molecule has 272 valence electrons. The zero-order valence-electron chi connectivity index (χ0n) is 30.6. The van der Waals surface area contributed by atoms with Crippen LogP contribution in [-0.2, 0) is 30.5 Å². The molecule has 10 nitrogen and oxygen atoms in total. The van der Waals surface area contributed by atoms with Gasteiger partial charge >= 0.3 is 0 Å². The van der Waals surface area contributed by atoms with Gasteiger partial charge < -0.3 is 18.8 Å². The number of carbonyl (C=O) groups is 1. The number of amides is 1.